The second kappa shape index (κ2) is 14.3. The first-order valence-corrected chi connectivity index (χ1v) is 18.8. The van der Waals surface area contributed by atoms with Crippen molar-refractivity contribution in [2.45, 2.75) is 0 Å². The minimum atomic E-state index is 0.623. The molecule has 264 valence electrons. The summed E-state index contributed by atoms with van der Waals surface area (Å²) >= 11 is 0. The summed E-state index contributed by atoms with van der Waals surface area (Å²) < 4.78 is 2.35. The molecule has 8 aromatic carbocycles. The van der Waals surface area contributed by atoms with Crippen molar-refractivity contribution < 1.29 is 0 Å². The zero-order valence-corrected chi connectivity index (χ0v) is 30.4. The van der Waals surface area contributed by atoms with Gasteiger partial charge in [0, 0.05) is 50.2 Å². The molecule has 0 spiro atoms. The summed E-state index contributed by atoms with van der Waals surface area (Å²) in [5.41, 5.74) is 11.8. The molecule has 5 heteroatoms. The van der Waals surface area contributed by atoms with Crippen molar-refractivity contribution in [3.8, 4) is 51.0 Å². The summed E-state index contributed by atoms with van der Waals surface area (Å²) in [5.74, 6) is 1.90. The third kappa shape index (κ3) is 6.17. The quantitative estimate of drug-likeness (QED) is 0.157. The van der Waals surface area contributed by atoms with Gasteiger partial charge in [-0.15, -0.1) is 0 Å². The molecule has 0 N–H and O–H groups in total. The number of benzene rings is 8. The lowest BCUT2D eigenvalue weighted by Crippen LogP contribution is -2.10. The Bertz CT molecular complexity index is 2870. The van der Waals surface area contributed by atoms with Crippen LogP contribution in [0.3, 0.4) is 0 Å². The van der Waals surface area contributed by atoms with E-state index in [2.05, 4.69) is 161 Å². The molecule has 56 heavy (non-hydrogen) atoms. The lowest BCUT2D eigenvalue weighted by atomic mass is 10.0. The van der Waals surface area contributed by atoms with Gasteiger partial charge >= 0.3 is 0 Å². The summed E-state index contributed by atoms with van der Waals surface area (Å²) in [5, 5.41) is 2.40. The molecule has 5 nitrogen and oxygen atoms in total. The van der Waals surface area contributed by atoms with Crippen LogP contribution in [-0.4, -0.2) is 19.5 Å². The Labute approximate surface area is 325 Å². The molecule has 0 radical (unpaired) electrons. The summed E-state index contributed by atoms with van der Waals surface area (Å²) in [6.45, 7) is 0. The van der Waals surface area contributed by atoms with Crippen LogP contribution in [0, 0.1) is 0 Å². The summed E-state index contributed by atoms with van der Waals surface area (Å²) in [6, 6.07) is 74.1. The van der Waals surface area contributed by atoms with Crippen LogP contribution in [0.15, 0.2) is 212 Å². The molecule has 2 aromatic heterocycles. The van der Waals surface area contributed by atoms with Gasteiger partial charge in [-0.05, 0) is 83.9 Å². The maximum atomic E-state index is 4.98. The predicted molar refractivity (Wildman–Crippen MR) is 231 cm³/mol. The van der Waals surface area contributed by atoms with E-state index in [4.69, 9.17) is 15.0 Å². The average molecular weight is 718 g/mol. The van der Waals surface area contributed by atoms with Gasteiger partial charge in [-0.25, -0.2) is 15.0 Å². The third-order valence-corrected chi connectivity index (χ3v) is 10.2. The first-order chi connectivity index (χ1) is 27.8. The number of anilines is 3. The summed E-state index contributed by atoms with van der Waals surface area (Å²) in [4.78, 5) is 17.2. The highest BCUT2D eigenvalue weighted by Gasteiger charge is 2.19. The molecule has 0 aliphatic heterocycles. The van der Waals surface area contributed by atoms with E-state index in [1.807, 2.05) is 60.7 Å². The van der Waals surface area contributed by atoms with Crippen LogP contribution < -0.4 is 4.90 Å². The van der Waals surface area contributed by atoms with Gasteiger partial charge < -0.3 is 9.47 Å². The maximum absolute atomic E-state index is 4.98. The van der Waals surface area contributed by atoms with Crippen molar-refractivity contribution in [1.29, 1.82) is 0 Å². The van der Waals surface area contributed by atoms with Crippen LogP contribution >= 0.6 is 0 Å². The molecule has 10 aromatic rings. The molecule has 10 rings (SSSR count). The van der Waals surface area contributed by atoms with Crippen molar-refractivity contribution in [3.05, 3.63) is 212 Å². The van der Waals surface area contributed by atoms with Crippen molar-refractivity contribution in [1.82, 2.24) is 19.5 Å². The molecule has 0 saturated heterocycles. The van der Waals surface area contributed by atoms with E-state index in [1.165, 1.54) is 27.4 Å². The third-order valence-electron chi connectivity index (χ3n) is 10.2. The Morgan fingerprint density at radius 2 is 0.696 bits per heavy atom. The number of nitrogens with zero attached hydrogens (tertiary/aromatic N) is 5. The topological polar surface area (TPSA) is 46.8 Å². The highest BCUT2D eigenvalue weighted by Crippen LogP contribution is 2.41. The van der Waals surface area contributed by atoms with Gasteiger partial charge in [0.25, 0.3) is 0 Å². The van der Waals surface area contributed by atoms with Gasteiger partial charge in [0.1, 0.15) is 0 Å². The van der Waals surface area contributed by atoms with Gasteiger partial charge in [-0.2, -0.15) is 0 Å². The second-order valence-electron chi connectivity index (χ2n) is 13.7. The molecule has 0 bridgehead atoms. The second-order valence-corrected chi connectivity index (χ2v) is 13.7. The van der Waals surface area contributed by atoms with Gasteiger partial charge in [0.05, 0.1) is 11.0 Å². The molecular weight excluding hydrogens is 683 g/mol. The maximum Gasteiger partial charge on any atom is 0.164 e. The summed E-state index contributed by atoms with van der Waals surface area (Å²) in [6.07, 6.45) is 0. The number of para-hydroxylation sites is 2. The molecule has 0 saturated carbocycles. The van der Waals surface area contributed by atoms with E-state index >= 15 is 0 Å². The van der Waals surface area contributed by atoms with E-state index in [-0.39, 0.29) is 0 Å². The van der Waals surface area contributed by atoms with Crippen LogP contribution in [0.4, 0.5) is 17.1 Å². The van der Waals surface area contributed by atoms with E-state index in [0.29, 0.717) is 17.5 Å². The van der Waals surface area contributed by atoms with Crippen LogP contribution in [0.5, 0.6) is 0 Å². The minimum Gasteiger partial charge on any atom is -0.310 e. The highest BCUT2D eigenvalue weighted by molar-refractivity contribution is 6.10. The smallest absolute Gasteiger partial charge is 0.164 e. The highest BCUT2D eigenvalue weighted by atomic mass is 15.1. The number of rotatable bonds is 8. The van der Waals surface area contributed by atoms with Crippen molar-refractivity contribution in [3.63, 3.8) is 0 Å². The first kappa shape index (κ1) is 33.0. The van der Waals surface area contributed by atoms with Crippen LogP contribution in [0.25, 0.3) is 72.8 Å². The normalized spacial score (nSPS) is 11.2. The van der Waals surface area contributed by atoms with E-state index < -0.39 is 0 Å². The van der Waals surface area contributed by atoms with Crippen LogP contribution in [0.2, 0.25) is 0 Å². The Balaban J connectivity index is 1.10. The van der Waals surface area contributed by atoms with Crippen LogP contribution in [0.1, 0.15) is 0 Å². The molecule has 0 unspecified atom stereocenters. The molecule has 0 fully saturated rings. The molecule has 0 amide bonds. The van der Waals surface area contributed by atoms with Crippen molar-refractivity contribution in [2.75, 3.05) is 4.90 Å². The first-order valence-electron chi connectivity index (χ1n) is 18.8. The van der Waals surface area contributed by atoms with Crippen molar-refractivity contribution in [2.24, 2.45) is 0 Å². The van der Waals surface area contributed by atoms with Gasteiger partial charge in [0.2, 0.25) is 0 Å². The molecular formula is C51H35N5. The molecule has 0 aliphatic rings. The Kier molecular flexibility index (Phi) is 8.43. The van der Waals surface area contributed by atoms with Gasteiger partial charge in [0.15, 0.2) is 17.5 Å². The Hall–Kier alpha value is -7.63. The fraction of sp³-hybridized carbons (Fsp3) is 0. The number of fused-ring (bicyclic) bond motifs is 3. The van der Waals surface area contributed by atoms with Gasteiger partial charge in [-0.3, -0.25) is 0 Å². The molecule has 0 aliphatic carbocycles. The lowest BCUT2D eigenvalue weighted by Gasteiger charge is -2.26. The average Bonchev–Trinajstić information content (AvgIpc) is 3.62. The zero-order chi connectivity index (χ0) is 37.3. The molecule has 2 heterocycles. The van der Waals surface area contributed by atoms with Crippen molar-refractivity contribution >= 4 is 38.9 Å². The Morgan fingerprint density at radius 1 is 0.304 bits per heavy atom. The van der Waals surface area contributed by atoms with E-state index in [1.54, 1.807) is 0 Å². The largest absolute Gasteiger partial charge is 0.310 e. The van der Waals surface area contributed by atoms with Crippen LogP contribution in [-0.2, 0) is 0 Å². The van der Waals surface area contributed by atoms with E-state index in [0.717, 1.165) is 45.0 Å². The fourth-order valence-electron chi connectivity index (χ4n) is 7.53. The predicted octanol–water partition coefficient (Wildman–Crippen LogP) is 13.1. The fourth-order valence-corrected chi connectivity index (χ4v) is 7.53. The SMILES string of the molecule is c1ccc(-c2ccc(N(c3ccc(-c4nc(-c5ccccc5)nc(-c5ccccc5)n4)cc3)c3ccc4c(c3)c3ccccc3n4-c3ccccc3)cc2)cc1. The number of aromatic nitrogens is 4. The monoisotopic (exact) mass is 717 g/mol. The number of hydrogen-bond donors (Lipinski definition) is 0. The molecule has 0 atom stereocenters. The van der Waals surface area contributed by atoms with E-state index in [9.17, 15) is 0 Å². The minimum absolute atomic E-state index is 0.623. The summed E-state index contributed by atoms with van der Waals surface area (Å²) in [7, 11) is 0. The lowest BCUT2D eigenvalue weighted by molar-refractivity contribution is 1.07. The van der Waals surface area contributed by atoms with Gasteiger partial charge in [-0.1, -0.05) is 140 Å². The zero-order valence-electron chi connectivity index (χ0n) is 30.4. The Morgan fingerprint density at radius 3 is 1.25 bits per heavy atom. The standard InChI is InChI=1S/C51H35N5/c1-5-15-36(16-6-1)37-25-29-42(30-26-37)55(44-33-34-48-46(35-44)45-23-13-14-24-47(45)56(48)41-21-11-4-12-22-41)43-31-27-40(28-32-43)51-53-49(38-17-7-2-8-18-38)52-50(54-51)39-19-9-3-10-20-39/h1-35H. The number of hydrogen-bond acceptors (Lipinski definition) is 4.